The molecule has 1 aliphatic heterocycles. The number of hydrogen-bond acceptors (Lipinski definition) is 1. The van der Waals surface area contributed by atoms with Crippen LogP contribution in [0.1, 0.15) is 27.2 Å². The molecule has 0 spiro atoms. The molecular weight excluding hydrogens is 128 g/mol. The van der Waals surface area contributed by atoms with Gasteiger partial charge in [-0.3, -0.25) is 0 Å². The van der Waals surface area contributed by atoms with E-state index in [1.54, 1.807) is 0 Å². The van der Waals surface area contributed by atoms with E-state index in [2.05, 4.69) is 32.5 Å². The average Bonchev–Trinajstić information content (AvgIpc) is 1.60. The molecule has 0 radical (unpaired) electrons. The Morgan fingerprint density at radius 2 is 2.00 bits per heavy atom. The standard InChI is InChI=1S/C8H16S/c1-4-8(2,3)7-5-9-6-7/h7H,4-6H2,1-3H3. The molecule has 1 rings (SSSR count). The summed E-state index contributed by atoms with van der Waals surface area (Å²) in [5.41, 5.74) is 0.616. The Balaban J connectivity index is 2.37. The zero-order valence-electron chi connectivity index (χ0n) is 6.61. The van der Waals surface area contributed by atoms with Gasteiger partial charge in [0.15, 0.2) is 0 Å². The Labute approximate surface area is 62.4 Å². The van der Waals surface area contributed by atoms with E-state index in [4.69, 9.17) is 0 Å². The summed E-state index contributed by atoms with van der Waals surface area (Å²) in [5, 5.41) is 0. The van der Waals surface area contributed by atoms with Gasteiger partial charge in [-0.05, 0) is 22.8 Å². The van der Waals surface area contributed by atoms with Crippen LogP contribution in [0.25, 0.3) is 0 Å². The SMILES string of the molecule is CCC(C)(C)C1CSC1. The van der Waals surface area contributed by atoms with Crippen LogP contribution in [-0.2, 0) is 0 Å². The molecule has 54 valence electrons. The van der Waals surface area contributed by atoms with E-state index in [0.717, 1.165) is 5.92 Å². The number of rotatable bonds is 2. The zero-order chi connectivity index (χ0) is 6.91. The van der Waals surface area contributed by atoms with Gasteiger partial charge in [-0.1, -0.05) is 27.2 Å². The Kier molecular flexibility index (Phi) is 2.10. The lowest BCUT2D eigenvalue weighted by atomic mass is 9.78. The number of hydrogen-bond donors (Lipinski definition) is 0. The molecule has 0 aliphatic carbocycles. The first kappa shape index (κ1) is 7.46. The van der Waals surface area contributed by atoms with Crippen molar-refractivity contribution in [1.82, 2.24) is 0 Å². The first-order valence-corrected chi connectivity index (χ1v) is 4.90. The highest BCUT2D eigenvalue weighted by atomic mass is 32.2. The van der Waals surface area contributed by atoms with Gasteiger partial charge >= 0.3 is 0 Å². The van der Waals surface area contributed by atoms with Crippen molar-refractivity contribution in [2.24, 2.45) is 11.3 Å². The largest absolute Gasteiger partial charge is 0.161 e. The van der Waals surface area contributed by atoms with Gasteiger partial charge < -0.3 is 0 Å². The molecule has 1 saturated heterocycles. The van der Waals surface area contributed by atoms with Gasteiger partial charge in [0.25, 0.3) is 0 Å². The third kappa shape index (κ3) is 1.43. The first-order chi connectivity index (χ1) is 4.17. The second kappa shape index (κ2) is 2.53. The smallest absolute Gasteiger partial charge is 0.00260 e. The monoisotopic (exact) mass is 144 g/mol. The number of thioether (sulfide) groups is 1. The maximum absolute atomic E-state index is 2.39. The van der Waals surface area contributed by atoms with Gasteiger partial charge in [0.05, 0.1) is 0 Å². The van der Waals surface area contributed by atoms with Crippen LogP contribution in [0.3, 0.4) is 0 Å². The van der Waals surface area contributed by atoms with Gasteiger partial charge in [0.2, 0.25) is 0 Å². The van der Waals surface area contributed by atoms with Crippen LogP contribution in [0, 0.1) is 11.3 Å². The molecule has 1 aliphatic rings. The highest BCUT2D eigenvalue weighted by molar-refractivity contribution is 8.00. The highest BCUT2D eigenvalue weighted by Crippen LogP contribution is 2.41. The Morgan fingerprint density at radius 3 is 2.11 bits per heavy atom. The summed E-state index contributed by atoms with van der Waals surface area (Å²) >= 11 is 2.09. The molecule has 0 saturated carbocycles. The molecular formula is C8H16S. The molecule has 1 heterocycles. The van der Waals surface area contributed by atoms with Crippen LogP contribution in [0.4, 0.5) is 0 Å². The van der Waals surface area contributed by atoms with Gasteiger partial charge in [-0.2, -0.15) is 11.8 Å². The molecule has 0 N–H and O–H groups in total. The molecule has 0 aromatic heterocycles. The maximum Gasteiger partial charge on any atom is -0.00260 e. The lowest BCUT2D eigenvalue weighted by Crippen LogP contribution is -2.33. The molecule has 0 amide bonds. The maximum atomic E-state index is 2.39. The minimum Gasteiger partial charge on any atom is -0.161 e. The fourth-order valence-electron chi connectivity index (χ4n) is 0.976. The Bertz CT molecular complexity index is 92.7. The van der Waals surface area contributed by atoms with Crippen LogP contribution in [0.2, 0.25) is 0 Å². The van der Waals surface area contributed by atoms with Crippen LogP contribution in [0.15, 0.2) is 0 Å². The second-order valence-electron chi connectivity index (χ2n) is 3.58. The third-order valence-electron chi connectivity index (χ3n) is 2.65. The molecule has 1 fully saturated rings. The van der Waals surface area contributed by atoms with Crippen molar-refractivity contribution >= 4 is 11.8 Å². The van der Waals surface area contributed by atoms with Crippen molar-refractivity contribution in [1.29, 1.82) is 0 Å². The minimum absolute atomic E-state index is 0.616. The van der Waals surface area contributed by atoms with Crippen molar-refractivity contribution in [3.63, 3.8) is 0 Å². The molecule has 1 heteroatoms. The molecule has 9 heavy (non-hydrogen) atoms. The Hall–Kier alpha value is 0.350. The van der Waals surface area contributed by atoms with Crippen molar-refractivity contribution in [3.05, 3.63) is 0 Å². The first-order valence-electron chi connectivity index (χ1n) is 3.74. The normalized spacial score (nSPS) is 21.7. The van der Waals surface area contributed by atoms with E-state index in [1.807, 2.05) is 0 Å². The second-order valence-corrected chi connectivity index (χ2v) is 4.65. The van der Waals surface area contributed by atoms with E-state index < -0.39 is 0 Å². The molecule has 0 aromatic rings. The van der Waals surface area contributed by atoms with Crippen LogP contribution in [-0.4, -0.2) is 11.5 Å². The quantitative estimate of drug-likeness (QED) is 0.574. The van der Waals surface area contributed by atoms with E-state index in [1.165, 1.54) is 17.9 Å². The summed E-state index contributed by atoms with van der Waals surface area (Å²) in [7, 11) is 0. The summed E-state index contributed by atoms with van der Waals surface area (Å²) < 4.78 is 0. The van der Waals surface area contributed by atoms with Crippen LogP contribution < -0.4 is 0 Å². The molecule has 0 aromatic carbocycles. The Morgan fingerprint density at radius 1 is 1.44 bits per heavy atom. The predicted molar refractivity (Wildman–Crippen MR) is 44.9 cm³/mol. The van der Waals surface area contributed by atoms with Gasteiger partial charge in [0.1, 0.15) is 0 Å². The van der Waals surface area contributed by atoms with Crippen molar-refractivity contribution < 1.29 is 0 Å². The summed E-state index contributed by atoms with van der Waals surface area (Å²) in [6.45, 7) is 7.07. The molecule has 0 bridgehead atoms. The van der Waals surface area contributed by atoms with E-state index in [-0.39, 0.29) is 0 Å². The molecule has 0 nitrogen and oxygen atoms in total. The fourth-order valence-corrected chi connectivity index (χ4v) is 2.35. The topological polar surface area (TPSA) is 0 Å². The van der Waals surface area contributed by atoms with Crippen molar-refractivity contribution in [2.75, 3.05) is 11.5 Å². The van der Waals surface area contributed by atoms with Crippen LogP contribution >= 0.6 is 11.8 Å². The summed E-state index contributed by atoms with van der Waals surface area (Å²) in [6, 6.07) is 0. The summed E-state index contributed by atoms with van der Waals surface area (Å²) in [6.07, 6.45) is 1.33. The minimum atomic E-state index is 0.616. The zero-order valence-corrected chi connectivity index (χ0v) is 7.42. The third-order valence-corrected chi connectivity index (χ3v) is 3.93. The van der Waals surface area contributed by atoms with E-state index >= 15 is 0 Å². The average molecular weight is 144 g/mol. The van der Waals surface area contributed by atoms with Gasteiger partial charge in [0, 0.05) is 0 Å². The van der Waals surface area contributed by atoms with Crippen LogP contribution in [0.5, 0.6) is 0 Å². The molecule has 0 atom stereocenters. The van der Waals surface area contributed by atoms with Crippen molar-refractivity contribution in [2.45, 2.75) is 27.2 Å². The highest BCUT2D eigenvalue weighted by Gasteiger charge is 2.32. The van der Waals surface area contributed by atoms with E-state index in [9.17, 15) is 0 Å². The predicted octanol–water partition coefficient (Wildman–Crippen LogP) is 2.79. The van der Waals surface area contributed by atoms with E-state index in [0.29, 0.717) is 5.41 Å². The van der Waals surface area contributed by atoms with Gasteiger partial charge in [-0.15, -0.1) is 0 Å². The van der Waals surface area contributed by atoms with Crippen molar-refractivity contribution in [3.8, 4) is 0 Å². The fraction of sp³-hybridized carbons (Fsp3) is 1.00. The summed E-state index contributed by atoms with van der Waals surface area (Å²) in [5.74, 6) is 3.81. The summed E-state index contributed by atoms with van der Waals surface area (Å²) in [4.78, 5) is 0. The lowest BCUT2D eigenvalue weighted by molar-refractivity contribution is 0.238. The van der Waals surface area contributed by atoms with Gasteiger partial charge in [-0.25, -0.2) is 0 Å². The lowest BCUT2D eigenvalue weighted by Gasteiger charge is -2.39. The molecule has 0 unspecified atom stereocenters.